The van der Waals surface area contributed by atoms with Gasteiger partial charge in [0.15, 0.2) is 6.29 Å². The summed E-state index contributed by atoms with van der Waals surface area (Å²) in [7, 11) is 0. The van der Waals surface area contributed by atoms with Crippen molar-refractivity contribution in [3.63, 3.8) is 0 Å². The zero-order valence-electron chi connectivity index (χ0n) is 28.3. The second-order valence-corrected chi connectivity index (χ2v) is 13.2. The van der Waals surface area contributed by atoms with Crippen molar-refractivity contribution in [1.82, 2.24) is 25.1 Å². The highest BCUT2D eigenvalue weighted by Crippen LogP contribution is 2.47. The van der Waals surface area contributed by atoms with Gasteiger partial charge >= 0.3 is 11.7 Å². The van der Waals surface area contributed by atoms with Crippen LogP contribution >= 0.6 is 0 Å². The summed E-state index contributed by atoms with van der Waals surface area (Å²) in [5.74, 6) is -0.0954. The summed E-state index contributed by atoms with van der Waals surface area (Å²) in [4.78, 5) is 30.4. The molecular weight excluding hydrogens is 630 g/mol. The van der Waals surface area contributed by atoms with Gasteiger partial charge in [0.1, 0.15) is 0 Å². The van der Waals surface area contributed by atoms with E-state index >= 15 is 0 Å². The molecule has 260 valence electrons. The van der Waals surface area contributed by atoms with E-state index < -0.39 is 6.29 Å². The number of urea groups is 1. The molecule has 0 saturated carbocycles. The largest absolute Gasteiger partial charge is 0.392 e. The van der Waals surface area contributed by atoms with E-state index in [1.807, 2.05) is 90.4 Å². The van der Waals surface area contributed by atoms with E-state index in [9.17, 15) is 14.7 Å². The molecule has 7 rings (SSSR count). The lowest BCUT2D eigenvalue weighted by Crippen LogP contribution is -2.47. The fraction of sp³-hybridized carbons (Fsp3) is 0.350. The summed E-state index contributed by atoms with van der Waals surface area (Å²) in [5.41, 5.74) is 6.66. The van der Waals surface area contributed by atoms with Gasteiger partial charge in [-0.3, -0.25) is 4.57 Å². The highest BCUT2D eigenvalue weighted by molar-refractivity contribution is 5.75. The van der Waals surface area contributed by atoms with Gasteiger partial charge in [0.2, 0.25) is 0 Å². The van der Waals surface area contributed by atoms with Crippen molar-refractivity contribution >= 4 is 17.1 Å². The monoisotopic (exact) mass is 675 g/mol. The standard InChI is InChI=1S/C40H45N5O5/c1-2-41-39(47)42-24-27-12-18-31(19-13-27)38-49-35(25-44-22-20-32(21-23-44)45-34-11-7-6-10-33(34)43-40(45)48)36(29-8-4-3-5-9-29)37(50-38)30-16-14-28(26-46)15-17-30/h3-19,32,35-38,46H,2,20-26H2,1H3,(H,43,48)(H2,41,42,47). The Hall–Kier alpha value is -4.74. The van der Waals surface area contributed by atoms with Crippen molar-refractivity contribution in [2.45, 2.75) is 63.4 Å². The second kappa shape index (κ2) is 15.4. The van der Waals surface area contributed by atoms with Crippen LogP contribution in [0.3, 0.4) is 0 Å². The first-order valence-corrected chi connectivity index (χ1v) is 17.6. The van der Waals surface area contributed by atoms with Crippen LogP contribution in [-0.4, -0.2) is 57.9 Å². The van der Waals surface area contributed by atoms with Crippen LogP contribution in [0.25, 0.3) is 11.0 Å². The molecule has 2 amide bonds. The molecule has 2 aliphatic heterocycles. The van der Waals surface area contributed by atoms with Gasteiger partial charge in [-0.2, -0.15) is 0 Å². The lowest BCUT2D eigenvalue weighted by Gasteiger charge is -2.45. The van der Waals surface area contributed by atoms with Gasteiger partial charge in [-0.1, -0.05) is 91.0 Å². The van der Waals surface area contributed by atoms with E-state index in [1.165, 1.54) is 0 Å². The maximum Gasteiger partial charge on any atom is 0.326 e. The molecular formula is C40H45N5O5. The van der Waals surface area contributed by atoms with Crippen LogP contribution in [0.5, 0.6) is 0 Å². The lowest BCUT2D eigenvalue weighted by molar-refractivity contribution is -0.264. The molecule has 2 aliphatic rings. The van der Waals surface area contributed by atoms with E-state index in [0.29, 0.717) is 19.6 Å². The molecule has 10 heteroatoms. The molecule has 3 heterocycles. The zero-order chi connectivity index (χ0) is 34.5. The van der Waals surface area contributed by atoms with Gasteiger partial charge < -0.3 is 35.1 Å². The summed E-state index contributed by atoms with van der Waals surface area (Å²) < 4.78 is 15.8. The molecule has 4 aromatic carbocycles. The minimum atomic E-state index is -0.616. The van der Waals surface area contributed by atoms with Crippen LogP contribution in [-0.2, 0) is 22.6 Å². The summed E-state index contributed by atoms with van der Waals surface area (Å²) in [6.45, 7) is 5.23. The van der Waals surface area contributed by atoms with Crippen LogP contribution in [0.15, 0.2) is 108 Å². The molecule has 0 bridgehead atoms. The third-order valence-electron chi connectivity index (χ3n) is 10.00. The highest BCUT2D eigenvalue weighted by Gasteiger charge is 2.43. The SMILES string of the molecule is CCNC(=O)NCc1ccc(C2OC(CN3CCC(n4c(=O)[nH]c5ccccc54)CC3)C(c3ccccc3)C(c3ccc(CO)cc3)O2)cc1. The number of hydrogen-bond acceptors (Lipinski definition) is 6. The number of likely N-dealkylation sites (tertiary alicyclic amines) is 1. The molecule has 50 heavy (non-hydrogen) atoms. The van der Waals surface area contributed by atoms with Gasteiger partial charge in [0, 0.05) is 50.2 Å². The Balaban J connectivity index is 1.15. The van der Waals surface area contributed by atoms with Gasteiger partial charge in [-0.25, -0.2) is 9.59 Å². The number of H-pyrrole nitrogens is 1. The smallest absolute Gasteiger partial charge is 0.326 e. The molecule has 4 unspecified atom stereocenters. The van der Waals surface area contributed by atoms with Gasteiger partial charge in [0.25, 0.3) is 0 Å². The van der Waals surface area contributed by atoms with Crippen LogP contribution < -0.4 is 16.3 Å². The summed E-state index contributed by atoms with van der Waals surface area (Å²) in [6.07, 6.45) is 0.598. The number of fused-ring (bicyclic) bond motifs is 1. The number of aromatic amines is 1. The van der Waals surface area contributed by atoms with Crippen molar-refractivity contribution in [1.29, 1.82) is 0 Å². The molecule has 0 spiro atoms. The summed E-state index contributed by atoms with van der Waals surface area (Å²) >= 11 is 0. The summed E-state index contributed by atoms with van der Waals surface area (Å²) in [6, 6.07) is 34.3. The first-order chi connectivity index (χ1) is 24.5. The predicted molar refractivity (Wildman–Crippen MR) is 193 cm³/mol. The average molecular weight is 676 g/mol. The van der Waals surface area contributed by atoms with E-state index in [1.54, 1.807) is 0 Å². The maximum atomic E-state index is 13.0. The predicted octanol–water partition coefficient (Wildman–Crippen LogP) is 5.92. The van der Waals surface area contributed by atoms with E-state index in [0.717, 1.165) is 64.8 Å². The molecule has 5 aromatic rings. The van der Waals surface area contributed by atoms with Gasteiger partial charge in [0.05, 0.1) is 29.8 Å². The number of carbonyl (C=O) groups excluding carboxylic acids is 1. The van der Waals surface area contributed by atoms with Crippen molar-refractivity contribution in [2.75, 3.05) is 26.2 Å². The topological polar surface area (TPSA) is 121 Å². The van der Waals surface area contributed by atoms with Crippen molar-refractivity contribution in [2.24, 2.45) is 0 Å². The third kappa shape index (κ3) is 7.39. The summed E-state index contributed by atoms with van der Waals surface area (Å²) in [5, 5.41) is 15.4. The average Bonchev–Trinajstić information content (AvgIpc) is 3.50. The molecule has 2 saturated heterocycles. The molecule has 1 aromatic heterocycles. The number of carbonyl (C=O) groups is 1. The zero-order valence-corrected chi connectivity index (χ0v) is 28.3. The molecule has 4 N–H and O–H groups in total. The lowest BCUT2D eigenvalue weighted by atomic mass is 9.83. The van der Waals surface area contributed by atoms with Gasteiger partial charge in [-0.05, 0) is 54.2 Å². The number of ether oxygens (including phenoxy) is 2. The quantitative estimate of drug-likeness (QED) is 0.146. The van der Waals surface area contributed by atoms with Crippen LogP contribution in [0.2, 0.25) is 0 Å². The molecule has 4 atom stereocenters. The van der Waals surface area contributed by atoms with Gasteiger partial charge in [-0.15, -0.1) is 0 Å². The minimum Gasteiger partial charge on any atom is -0.392 e. The van der Waals surface area contributed by atoms with Crippen molar-refractivity contribution in [3.8, 4) is 0 Å². The normalized spacial score (nSPS) is 21.6. The number of piperidine rings is 1. The van der Waals surface area contributed by atoms with Crippen LogP contribution in [0, 0.1) is 0 Å². The number of aliphatic hydroxyl groups excluding tert-OH is 1. The second-order valence-electron chi connectivity index (χ2n) is 13.2. The number of hydrogen-bond donors (Lipinski definition) is 4. The van der Waals surface area contributed by atoms with Crippen LogP contribution in [0.1, 0.15) is 71.9 Å². The Morgan fingerprint density at radius 2 is 1.50 bits per heavy atom. The first-order valence-electron chi connectivity index (χ1n) is 17.6. The number of nitrogens with zero attached hydrogens (tertiary/aromatic N) is 2. The number of rotatable bonds is 10. The highest BCUT2D eigenvalue weighted by atomic mass is 16.7. The number of imidazole rings is 1. The number of aliphatic hydroxyl groups is 1. The number of aromatic nitrogens is 2. The Labute approximate surface area is 292 Å². The molecule has 2 fully saturated rings. The Bertz CT molecular complexity index is 1920. The Morgan fingerprint density at radius 3 is 2.22 bits per heavy atom. The fourth-order valence-electron chi connectivity index (χ4n) is 7.41. The Kier molecular flexibility index (Phi) is 10.4. The Morgan fingerprint density at radius 1 is 0.820 bits per heavy atom. The maximum absolute atomic E-state index is 13.0. The van der Waals surface area contributed by atoms with E-state index in [-0.39, 0.29) is 42.5 Å². The molecule has 0 aliphatic carbocycles. The number of para-hydroxylation sites is 2. The van der Waals surface area contributed by atoms with E-state index in [2.05, 4.69) is 44.8 Å². The van der Waals surface area contributed by atoms with Crippen molar-refractivity contribution < 1.29 is 19.4 Å². The first kappa shape index (κ1) is 33.7. The molecule has 10 nitrogen and oxygen atoms in total. The van der Waals surface area contributed by atoms with E-state index in [4.69, 9.17) is 9.47 Å². The number of nitrogens with one attached hydrogen (secondary N) is 3. The number of amides is 2. The molecule has 0 radical (unpaired) electrons. The number of benzene rings is 4. The third-order valence-corrected chi connectivity index (χ3v) is 10.00. The van der Waals surface area contributed by atoms with Crippen molar-refractivity contribution in [3.05, 3.63) is 141 Å². The minimum absolute atomic E-state index is 0.0236. The van der Waals surface area contributed by atoms with Crippen LogP contribution in [0.4, 0.5) is 4.79 Å². The fourth-order valence-corrected chi connectivity index (χ4v) is 7.41.